The molecule has 0 saturated carbocycles. The number of amides is 1. The summed E-state index contributed by atoms with van der Waals surface area (Å²) >= 11 is 0. The molecular formula is C35H67N2O+. The van der Waals surface area contributed by atoms with Gasteiger partial charge < -0.3 is 0 Å². The van der Waals surface area contributed by atoms with E-state index in [1.54, 1.807) is 0 Å². The van der Waals surface area contributed by atoms with Crippen molar-refractivity contribution in [3.05, 3.63) is 12.4 Å². The summed E-state index contributed by atoms with van der Waals surface area (Å²) in [6, 6.07) is 0. The number of hydrogen-bond acceptors (Lipinski definition) is 2. The van der Waals surface area contributed by atoms with Crippen molar-refractivity contribution in [3.63, 3.8) is 0 Å². The van der Waals surface area contributed by atoms with E-state index in [0.29, 0.717) is 16.8 Å². The molecule has 0 fully saturated rings. The molecule has 3 heteroatoms. The highest BCUT2D eigenvalue weighted by molar-refractivity contribution is 5.90. The van der Waals surface area contributed by atoms with Gasteiger partial charge in [-0.1, -0.05) is 168 Å². The third-order valence-corrected chi connectivity index (χ3v) is 8.64. The van der Waals surface area contributed by atoms with Crippen molar-refractivity contribution < 1.29 is 9.28 Å². The summed E-state index contributed by atoms with van der Waals surface area (Å²) in [5.41, 5.74) is 0. The van der Waals surface area contributed by atoms with E-state index >= 15 is 0 Å². The van der Waals surface area contributed by atoms with E-state index in [2.05, 4.69) is 25.9 Å². The number of nitrogens with zero attached hydrogens (tertiary/aromatic N) is 2. The van der Waals surface area contributed by atoms with Gasteiger partial charge in [0, 0.05) is 6.42 Å². The highest BCUT2D eigenvalue weighted by Crippen LogP contribution is 2.22. The van der Waals surface area contributed by atoms with Crippen LogP contribution in [0.1, 0.15) is 194 Å². The Morgan fingerprint density at radius 1 is 0.553 bits per heavy atom. The number of rotatable bonds is 28. The Morgan fingerprint density at radius 2 is 0.895 bits per heavy atom. The number of aliphatic imine (C=N–C) groups is 1. The van der Waals surface area contributed by atoms with Crippen molar-refractivity contribution in [2.45, 2.75) is 194 Å². The van der Waals surface area contributed by atoms with Gasteiger partial charge in [-0.05, 0) is 12.8 Å². The first-order valence-electron chi connectivity index (χ1n) is 17.3. The summed E-state index contributed by atoms with van der Waals surface area (Å²) in [6.45, 7) is 4.57. The van der Waals surface area contributed by atoms with E-state index < -0.39 is 0 Å². The van der Waals surface area contributed by atoms with Crippen LogP contribution >= 0.6 is 0 Å². The van der Waals surface area contributed by atoms with Crippen molar-refractivity contribution in [2.75, 3.05) is 7.05 Å². The fraction of sp³-hybridized carbons (Fsp3) is 0.886. The van der Waals surface area contributed by atoms with Gasteiger partial charge >= 0.3 is 5.91 Å². The van der Waals surface area contributed by atoms with Crippen LogP contribution in [0.3, 0.4) is 0 Å². The van der Waals surface area contributed by atoms with Gasteiger partial charge in [-0.3, -0.25) is 0 Å². The molecule has 1 aliphatic heterocycles. The Morgan fingerprint density at radius 3 is 1.29 bits per heavy atom. The zero-order valence-electron chi connectivity index (χ0n) is 26.3. The molecule has 0 aromatic heterocycles. The minimum atomic E-state index is 0.329. The zero-order chi connectivity index (χ0) is 27.6. The highest BCUT2D eigenvalue weighted by atomic mass is 16.2. The number of carbonyl (C=O) groups excluding carboxylic acids is 1. The van der Waals surface area contributed by atoms with Crippen LogP contribution in [0, 0.1) is 0 Å². The Labute approximate surface area is 238 Å². The van der Waals surface area contributed by atoms with Crippen molar-refractivity contribution >= 4 is 11.7 Å². The third kappa shape index (κ3) is 17.6. The number of unbranched alkanes of at least 4 members (excludes halogenated alkanes) is 24. The van der Waals surface area contributed by atoms with Gasteiger partial charge in [0.05, 0.1) is 19.7 Å². The third-order valence-electron chi connectivity index (χ3n) is 8.64. The summed E-state index contributed by atoms with van der Waals surface area (Å²) in [5, 5.41) is 0. The summed E-state index contributed by atoms with van der Waals surface area (Å²) in [4.78, 5) is 17.7. The van der Waals surface area contributed by atoms with E-state index in [1.165, 1.54) is 154 Å². The number of hydrogen-bond donors (Lipinski definition) is 0. The molecule has 1 atom stereocenters. The van der Waals surface area contributed by atoms with Crippen molar-refractivity contribution in [2.24, 2.45) is 4.99 Å². The van der Waals surface area contributed by atoms with E-state index in [0.717, 1.165) is 25.1 Å². The van der Waals surface area contributed by atoms with Gasteiger partial charge in [-0.15, -0.1) is 0 Å². The number of quaternary nitrogens is 1. The minimum Gasteiger partial charge on any atom is -0.230 e. The van der Waals surface area contributed by atoms with Crippen molar-refractivity contribution in [1.29, 1.82) is 0 Å². The van der Waals surface area contributed by atoms with Gasteiger partial charge in [0.2, 0.25) is 5.84 Å². The first-order valence-corrected chi connectivity index (χ1v) is 17.3. The van der Waals surface area contributed by atoms with Crippen LogP contribution in [-0.2, 0) is 4.79 Å². The van der Waals surface area contributed by atoms with Gasteiger partial charge in [0.25, 0.3) is 0 Å². The first kappa shape index (κ1) is 35.1. The van der Waals surface area contributed by atoms with Gasteiger partial charge in [0.15, 0.2) is 0 Å². The molecule has 0 spiro atoms. The molecule has 1 amide bonds. The minimum absolute atomic E-state index is 0.329. The average Bonchev–Trinajstić information content (AvgIpc) is 3.30. The topological polar surface area (TPSA) is 29.4 Å². The molecule has 0 aliphatic carbocycles. The van der Waals surface area contributed by atoms with Crippen LogP contribution in [0.4, 0.5) is 0 Å². The molecule has 1 rings (SSSR count). The van der Waals surface area contributed by atoms with E-state index in [4.69, 9.17) is 0 Å². The lowest BCUT2D eigenvalue weighted by atomic mass is 10.0. The molecule has 0 aromatic rings. The van der Waals surface area contributed by atoms with Crippen molar-refractivity contribution in [1.82, 2.24) is 0 Å². The van der Waals surface area contributed by atoms with E-state index in [9.17, 15) is 4.79 Å². The monoisotopic (exact) mass is 532 g/mol. The zero-order valence-corrected chi connectivity index (χ0v) is 26.3. The van der Waals surface area contributed by atoms with Gasteiger partial charge in [-0.25, -0.2) is 9.79 Å². The van der Waals surface area contributed by atoms with E-state index in [-0.39, 0.29) is 0 Å². The molecule has 38 heavy (non-hydrogen) atoms. The fourth-order valence-corrected chi connectivity index (χ4v) is 5.81. The predicted molar refractivity (Wildman–Crippen MR) is 168 cm³/mol. The summed E-state index contributed by atoms with van der Waals surface area (Å²) in [7, 11) is 2.05. The van der Waals surface area contributed by atoms with E-state index in [1.807, 2.05) is 12.4 Å². The maximum absolute atomic E-state index is 13.1. The highest BCUT2D eigenvalue weighted by Gasteiger charge is 2.37. The number of carbonyl (C=O) groups is 1. The fourth-order valence-electron chi connectivity index (χ4n) is 5.81. The summed E-state index contributed by atoms with van der Waals surface area (Å²) < 4.78 is 0.330. The quantitative estimate of drug-likeness (QED) is 0.0729. The number of amidine groups is 1. The maximum atomic E-state index is 13.1. The Bertz CT molecular complexity index is 611. The molecule has 0 radical (unpaired) electrons. The predicted octanol–water partition coefficient (Wildman–Crippen LogP) is 11.8. The molecule has 0 saturated heterocycles. The Hall–Kier alpha value is -0.960. The van der Waals surface area contributed by atoms with Crippen LogP contribution in [0.5, 0.6) is 0 Å². The largest absolute Gasteiger partial charge is 0.324 e. The van der Waals surface area contributed by atoms with Crippen LogP contribution in [0.25, 0.3) is 0 Å². The summed E-state index contributed by atoms with van der Waals surface area (Å²) in [6.07, 6.45) is 40.8. The summed E-state index contributed by atoms with van der Waals surface area (Å²) in [5.74, 6) is 1.39. The lowest BCUT2D eigenvalue weighted by Crippen LogP contribution is -2.47. The SMILES string of the molecule is CCCCCCCCCCCCCCCC(=O)[N+]1(C)C=CN=C1CCCCCCCCCCCCCCC. The van der Waals surface area contributed by atoms with Crippen LogP contribution in [-0.4, -0.2) is 23.3 Å². The second-order valence-electron chi connectivity index (χ2n) is 12.3. The Kier molecular flexibility index (Phi) is 23.1. The second-order valence-corrected chi connectivity index (χ2v) is 12.3. The van der Waals surface area contributed by atoms with Gasteiger partial charge in [0.1, 0.15) is 6.20 Å². The second kappa shape index (κ2) is 25.0. The lowest BCUT2D eigenvalue weighted by Gasteiger charge is -2.25. The molecule has 0 N–H and O–H groups in total. The molecule has 0 bridgehead atoms. The molecule has 3 nitrogen and oxygen atoms in total. The van der Waals surface area contributed by atoms with Crippen LogP contribution < -0.4 is 0 Å². The smallest absolute Gasteiger partial charge is 0.230 e. The molecule has 1 unspecified atom stereocenters. The first-order chi connectivity index (χ1) is 18.6. The van der Waals surface area contributed by atoms with Crippen molar-refractivity contribution in [3.8, 4) is 0 Å². The normalized spacial score (nSPS) is 16.9. The average molecular weight is 532 g/mol. The Balaban J connectivity index is 1.99. The maximum Gasteiger partial charge on any atom is 0.324 e. The molecule has 0 aromatic carbocycles. The lowest BCUT2D eigenvalue weighted by molar-refractivity contribution is -0.683. The molecular weight excluding hydrogens is 464 g/mol. The molecule has 1 aliphatic rings. The molecule has 1 heterocycles. The van der Waals surface area contributed by atoms with Crippen LogP contribution in [0.15, 0.2) is 17.4 Å². The van der Waals surface area contributed by atoms with Gasteiger partial charge in [-0.2, -0.15) is 4.48 Å². The molecule has 222 valence electrons. The standard InChI is InChI=1S/C35H67N2O/c1-4-6-8-10-12-14-16-18-20-22-24-26-28-30-34-36-32-33-37(34,3)35(38)31-29-27-25-23-21-19-17-15-13-11-9-7-5-2/h32-33H,4-31H2,1-3H3/q+1. The van der Waals surface area contributed by atoms with Crippen LogP contribution in [0.2, 0.25) is 0 Å².